The molecule has 2 aromatic carbocycles. The summed E-state index contributed by atoms with van der Waals surface area (Å²) in [5, 5.41) is 0.627. The molecule has 4 rings (SSSR count). The van der Waals surface area contributed by atoms with E-state index in [0.29, 0.717) is 23.2 Å². The lowest BCUT2D eigenvalue weighted by molar-refractivity contribution is 0.0734. The summed E-state index contributed by atoms with van der Waals surface area (Å²) in [6.07, 6.45) is 0.975. The first-order valence-corrected chi connectivity index (χ1v) is 10.3. The Morgan fingerprint density at radius 2 is 1.69 bits per heavy atom. The third-order valence-electron chi connectivity index (χ3n) is 5.86. The van der Waals surface area contributed by atoms with Crippen molar-refractivity contribution in [2.45, 2.75) is 19.0 Å². The standard InChI is InChI=1S/C22H24ClF2N3O/c23-18-4-2-17(3-5-18)22(29)28-8-7-19(15-28)27-11-9-26(10-12-27)14-16-1-6-20(24)21(25)13-16/h1-6,13,19H,7-12,14-15H2/t19-/m1/s1. The number of hydrogen-bond acceptors (Lipinski definition) is 3. The van der Waals surface area contributed by atoms with Crippen LogP contribution in [0.15, 0.2) is 42.5 Å². The van der Waals surface area contributed by atoms with Gasteiger partial charge in [-0.2, -0.15) is 0 Å². The highest BCUT2D eigenvalue weighted by molar-refractivity contribution is 6.30. The van der Waals surface area contributed by atoms with Gasteiger partial charge in [-0.05, 0) is 48.4 Å². The Kier molecular flexibility index (Phi) is 6.13. The fraction of sp³-hybridized carbons (Fsp3) is 0.409. The average Bonchev–Trinajstić information content (AvgIpc) is 3.22. The van der Waals surface area contributed by atoms with E-state index >= 15 is 0 Å². The predicted octanol–water partition coefficient (Wildman–Crippen LogP) is 3.65. The molecule has 0 saturated carbocycles. The zero-order valence-electron chi connectivity index (χ0n) is 16.2. The smallest absolute Gasteiger partial charge is 0.253 e. The molecule has 0 unspecified atom stereocenters. The van der Waals surface area contributed by atoms with Crippen LogP contribution in [0.4, 0.5) is 8.78 Å². The summed E-state index contributed by atoms with van der Waals surface area (Å²) in [5.41, 5.74) is 1.46. The molecule has 2 aliphatic rings. The van der Waals surface area contributed by atoms with Gasteiger partial charge in [0.1, 0.15) is 0 Å². The number of benzene rings is 2. The summed E-state index contributed by atoms with van der Waals surface area (Å²) in [6.45, 7) is 5.71. The SMILES string of the molecule is O=C(c1ccc(Cl)cc1)N1CC[C@@H](N2CCN(Cc3ccc(F)c(F)c3)CC2)C1. The molecule has 0 N–H and O–H groups in total. The van der Waals surface area contributed by atoms with Gasteiger partial charge in [0, 0.05) is 62.4 Å². The van der Waals surface area contributed by atoms with Crippen molar-refractivity contribution in [1.29, 1.82) is 0 Å². The Morgan fingerprint density at radius 3 is 2.38 bits per heavy atom. The number of nitrogens with zero attached hydrogens (tertiary/aromatic N) is 3. The van der Waals surface area contributed by atoms with E-state index in [1.54, 1.807) is 30.3 Å². The van der Waals surface area contributed by atoms with Crippen LogP contribution in [0.3, 0.4) is 0 Å². The number of amides is 1. The van der Waals surface area contributed by atoms with E-state index in [-0.39, 0.29) is 5.91 Å². The predicted molar refractivity (Wildman–Crippen MR) is 109 cm³/mol. The van der Waals surface area contributed by atoms with Gasteiger partial charge in [0.05, 0.1) is 0 Å². The molecule has 29 heavy (non-hydrogen) atoms. The highest BCUT2D eigenvalue weighted by Crippen LogP contribution is 2.21. The van der Waals surface area contributed by atoms with Crippen LogP contribution in [0, 0.1) is 11.6 Å². The number of piperazine rings is 1. The van der Waals surface area contributed by atoms with Crippen molar-refractivity contribution < 1.29 is 13.6 Å². The molecule has 0 spiro atoms. The van der Waals surface area contributed by atoms with Gasteiger partial charge in [-0.25, -0.2) is 8.78 Å². The molecule has 4 nitrogen and oxygen atoms in total. The largest absolute Gasteiger partial charge is 0.337 e. The van der Waals surface area contributed by atoms with Crippen LogP contribution in [-0.2, 0) is 6.54 Å². The van der Waals surface area contributed by atoms with Gasteiger partial charge in [0.25, 0.3) is 5.91 Å². The van der Waals surface area contributed by atoms with Gasteiger partial charge in [-0.15, -0.1) is 0 Å². The summed E-state index contributed by atoms with van der Waals surface area (Å²) in [4.78, 5) is 19.3. The van der Waals surface area contributed by atoms with E-state index in [1.165, 1.54) is 12.1 Å². The van der Waals surface area contributed by atoms with E-state index in [4.69, 9.17) is 11.6 Å². The summed E-state index contributed by atoms with van der Waals surface area (Å²) < 4.78 is 26.5. The molecule has 2 heterocycles. The zero-order valence-corrected chi connectivity index (χ0v) is 16.9. The van der Waals surface area contributed by atoms with Gasteiger partial charge in [0.15, 0.2) is 11.6 Å². The molecule has 2 fully saturated rings. The van der Waals surface area contributed by atoms with Crippen LogP contribution in [0.5, 0.6) is 0 Å². The van der Waals surface area contributed by atoms with E-state index in [2.05, 4.69) is 9.80 Å². The summed E-state index contributed by atoms with van der Waals surface area (Å²) in [7, 11) is 0. The molecular formula is C22H24ClF2N3O. The molecule has 0 aliphatic carbocycles. The van der Waals surface area contributed by atoms with Gasteiger partial charge < -0.3 is 4.90 Å². The minimum atomic E-state index is -0.808. The van der Waals surface area contributed by atoms with Crippen LogP contribution in [0.1, 0.15) is 22.3 Å². The van der Waals surface area contributed by atoms with Gasteiger partial charge >= 0.3 is 0 Å². The van der Waals surface area contributed by atoms with Crippen molar-refractivity contribution in [3.63, 3.8) is 0 Å². The van der Waals surface area contributed by atoms with Crippen molar-refractivity contribution in [2.75, 3.05) is 39.3 Å². The molecule has 0 radical (unpaired) electrons. The Balaban J connectivity index is 1.27. The van der Waals surface area contributed by atoms with Gasteiger partial charge in [-0.3, -0.25) is 14.6 Å². The molecule has 2 saturated heterocycles. The summed E-state index contributed by atoms with van der Waals surface area (Å²) in [5.74, 6) is -1.55. The van der Waals surface area contributed by atoms with E-state index in [9.17, 15) is 13.6 Å². The fourth-order valence-electron chi connectivity index (χ4n) is 4.18. The third-order valence-corrected chi connectivity index (χ3v) is 6.11. The van der Waals surface area contributed by atoms with Crippen LogP contribution in [0.25, 0.3) is 0 Å². The molecule has 2 aromatic rings. The molecule has 1 amide bonds. The van der Waals surface area contributed by atoms with Crippen molar-refractivity contribution in [2.24, 2.45) is 0 Å². The van der Waals surface area contributed by atoms with Gasteiger partial charge in [-0.1, -0.05) is 17.7 Å². The molecule has 1 atom stereocenters. The maximum atomic E-state index is 13.4. The van der Waals surface area contributed by atoms with Crippen LogP contribution < -0.4 is 0 Å². The van der Waals surface area contributed by atoms with Crippen LogP contribution >= 0.6 is 11.6 Å². The second-order valence-electron chi connectivity index (χ2n) is 7.76. The number of carbonyl (C=O) groups excluding carboxylic acids is 1. The Morgan fingerprint density at radius 1 is 0.966 bits per heavy atom. The first-order valence-electron chi connectivity index (χ1n) is 9.95. The number of halogens is 3. The Hall–Kier alpha value is -2.02. The molecular weight excluding hydrogens is 396 g/mol. The maximum absolute atomic E-state index is 13.4. The summed E-state index contributed by atoms with van der Waals surface area (Å²) >= 11 is 5.91. The first kappa shape index (κ1) is 20.3. The van der Waals surface area contributed by atoms with Crippen molar-refractivity contribution in [1.82, 2.24) is 14.7 Å². The monoisotopic (exact) mass is 419 g/mol. The van der Waals surface area contributed by atoms with Gasteiger partial charge in [0.2, 0.25) is 0 Å². The minimum Gasteiger partial charge on any atom is -0.337 e. The van der Waals surface area contributed by atoms with Crippen molar-refractivity contribution in [3.05, 3.63) is 70.2 Å². The lowest BCUT2D eigenvalue weighted by atomic mass is 10.1. The molecule has 0 aromatic heterocycles. The molecule has 0 bridgehead atoms. The first-order chi connectivity index (χ1) is 14.0. The minimum absolute atomic E-state index is 0.0566. The van der Waals surface area contributed by atoms with E-state index in [1.807, 2.05) is 4.90 Å². The molecule has 7 heteroatoms. The van der Waals surface area contributed by atoms with Crippen LogP contribution in [-0.4, -0.2) is 65.9 Å². The second-order valence-corrected chi connectivity index (χ2v) is 8.20. The van der Waals surface area contributed by atoms with E-state index in [0.717, 1.165) is 51.3 Å². The lowest BCUT2D eigenvalue weighted by Gasteiger charge is -2.38. The number of carbonyl (C=O) groups is 1. The zero-order chi connectivity index (χ0) is 20.4. The van der Waals surface area contributed by atoms with Crippen molar-refractivity contribution >= 4 is 17.5 Å². The topological polar surface area (TPSA) is 26.8 Å². The fourth-order valence-corrected chi connectivity index (χ4v) is 4.31. The Labute approximate surface area is 174 Å². The third kappa shape index (κ3) is 4.77. The summed E-state index contributed by atoms with van der Waals surface area (Å²) in [6, 6.07) is 11.5. The van der Waals surface area contributed by atoms with Crippen LogP contribution in [0.2, 0.25) is 5.02 Å². The number of rotatable bonds is 4. The number of likely N-dealkylation sites (tertiary alicyclic amines) is 1. The maximum Gasteiger partial charge on any atom is 0.253 e. The Bertz CT molecular complexity index is 869. The second kappa shape index (κ2) is 8.78. The average molecular weight is 420 g/mol. The van der Waals surface area contributed by atoms with Crippen molar-refractivity contribution in [3.8, 4) is 0 Å². The highest BCUT2D eigenvalue weighted by atomic mass is 35.5. The molecule has 2 aliphatic heterocycles. The quantitative estimate of drug-likeness (QED) is 0.756. The lowest BCUT2D eigenvalue weighted by Crippen LogP contribution is -2.50. The highest BCUT2D eigenvalue weighted by Gasteiger charge is 2.32. The molecule has 154 valence electrons. The normalized spacial score (nSPS) is 20.9. The number of hydrogen-bond donors (Lipinski definition) is 0. The van der Waals surface area contributed by atoms with E-state index < -0.39 is 11.6 Å².